The van der Waals surface area contributed by atoms with Crippen LogP contribution in [0.2, 0.25) is 0 Å². The third-order valence-electron chi connectivity index (χ3n) is 5.65. The van der Waals surface area contributed by atoms with Gasteiger partial charge in [0.25, 0.3) is 5.91 Å². The van der Waals surface area contributed by atoms with Crippen molar-refractivity contribution in [2.45, 2.75) is 65.3 Å². The zero-order chi connectivity index (χ0) is 19.4. The molecule has 0 spiro atoms. The minimum absolute atomic E-state index is 0.0213. The van der Waals surface area contributed by atoms with Crippen LogP contribution in [0.15, 0.2) is 42.5 Å². The van der Waals surface area contributed by atoms with E-state index in [1.807, 2.05) is 6.08 Å². The van der Waals surface area contributed by atoms with Gasteiger partial charge in [0.15, 0.2) is 0 Å². The van der Waals surface area contributed by atoms with Gasteiger partial charge in [-0.15, -0.1) is 6.58 Å². The summed E-state index contributed by atoms with van der Waals surface area (Å²) in [6.45, 7) is 11.7. The van der Waals surface area contributed by atoms with Crippen LogP contribution in [-0.4, -0.2) is 17.0 Å². The van der Waals surface area contributed by atoms with E-state index in [1.54, 1.807) is 0 Å². The quantitative estimate of drug-likeness (QED) is 0.612. The van der Waals surface area contributed by atoms with Gasteiger partial charge in [0.2, 0.25) is 0 Å². The first-order valence-electron chi connectivity index (χ1n) is 10.2. The van der Waals surface area contributed by atoms with Gasteiger partial charge in [0.1, 0.15) is 5.69 Å². The number of carbonyl (C=O) groups excluding carboxylic acids is 1. The summed E-state index contributed by atoms with van der Waals surface area (Å²) in [5, 5.41) is 4.32. The molecule has 1 aliphatic carbocycles. The van der Waals surface area contributed by atoms with Crippen molar-refractivity contribution in [1.29, 1.82) is 0 Å². The Morgan fingerprint density at radius 2 is 2.15 bits per heavy atom. The summed E-state index contributed by atoms with van der Waals surface area (Å²) in [6.07, 6.45) is 10.1. The molecule has 0 unspecified atom stereocenters. The number of aryl methyl sites for hydroxylation is 1. The van der Waals surface area contributed by atoms with Gasteiger partial charge in [-0.1, -0.05) is 37.6 Å². The lowest BCUT2D eigenvalue weighted by Gasteiger charge is -2.14. The van der Waals surface area contributed by atoms with Crippen molar-refractivity contribution in [1.82, 2.24) is 9.88 Å². The number of aromatic nitrogens is 1. The highest BCUT2D eigenvalue weighted by atomic mass is 16.1. The van der Waals surface area contributed by atoms with E-state index in [9.17, 15) is 4.79 Å². The molecule has 0 radical (unpaired) electrons. The summed E-state index contributed by atoms with van der Waals surface area (Å²) in [5.74, 6) is 0.491. The Hall–Kier alpha value is -2.29. The van der Waals surface area contributed by atoms with Crippen molar-refractivity contribution in [3.63, 3.8) is 0 Å². The predicted molar refractivity (Wildman–Crippen MR) is 114 cm³/mol. The standard InChI is InChI=1S/C24H32N2O/c1-5-15-26-22-12-11-20(17(2)3)16-21(22)18(4)23(26)24(27)25-14-13-19-9-7-6-8-10-19/h5,9,11-12,16-17H,1,6-8,10,13-15H2,2-4H3,(H,25,27). The molecule has 1 heterocycles. The van der Waals surface area contributed by atoms with Crippen molar-refractivity contribution >= 4 is 16.8 Å². The molecule has 1 aromatic carbocycles. The van der Waals surface area contributed by atoms with E-state index in [1.165, 1.54) is 42.2 Å². The lowest BCUT2D eigenvalue weighted by molar-refractivity contribution is 0.0945. The number of allylic oxidation sites excluding steroid dienone is 2. The van der Waals surface area contributed by atoms with Crippen LogP contribution in [-0.2, 0) is 6.54 Å². The lowest BCUT2D eigenvalue weighted by Crippen LogP contribution is -2.27. The molecule has 144 valence electrons. The molecule has 1 aromatic heterocycles. The Morgan fingerprint density at radius 1 is 1.33 bits per heavy atom. The second-order valence-corrected chi connectivity index (χ2v) is 7.92. The van der Waals surface area contributed by atoms with Crippen molar-refractivity contribution in [2.75, 3.05) is 6.54 Å². The highest BCUT2D eigenvalue weighted by Gasteiger charge is 2.20. The number of nitrogens with one attached hydrogen (secondary N) is 1. The van der Waals surface area contributed by atoms with E-state index in [0.717, 1.165) is 23.2 Å². The molecule has 3 nitrogen and oxygen atoms in total. The maximum absolute atomic E-state index is 13.0. The molecule has 0 saturated heterocycles. The number of benzene rings is 1. The molecule has 0 saturated carbocycles. The van der Waals surface area contributed by atoms with Crippen molar-refractivity contribution in [3.8, 4) is 0 Å². The lowest BCUT2D eigenvalue weighted by atomic mass is 9.97. The molecule has 0 fully saturated rings. The van der Waals surface area contributed by atoms with Crippen LogP contribution in [0.1, 0.15) is 73.5 Å². The predicted octanol–water partition coefficient (Wildman–Crippen LogP) is 5.88. The maximum Gasteiger partial charge on any atom is 0.268 e. The van der Waals surface area contributed by atoms with Crippen LogP contribution in [0, 0.1) is 6.92 Å². The fraction of sp³-hybridized carbons (Fsp3) is 0.458. The van der Waals surface area contributed by atoms with Gasteiger partial charge in [0, 0.05) is 24.0 Å². The molecule has 1 amide bonds. The minimum Gasteiger partial charge on any atom is -0.350 e. The van der Waals surface area contributed by atoms with Gasteiger partial charge in [-0.3, -0.25) is 4.79 Å². The summed E-state index contributed by atoms with van der Waals surface area (Å²) in [6, 6.07) is 6.55. The first kappa shape index (κ1) is 19.5. The molecular weight excluding hydrogens is 332 g/mol. The Kier molecular flexibility index (Phi) is 6.20. The Balaban J connectivity index is 1.85. The molecule has 0 bridgehead atoms. The monoisotopic (exact) mass is 364 g/mol. The number of nitrogens with zero attached hydrogens (tertiary/aromatic N) is 1. The zero-order valence-electron chi connectivity index (χ0n) is 17.0. The summed E-state index contributed by atoms with van der Waals surface area (Å²) in [7, 11) is 0. The highest BCUT2D eigenvalue weighted by molar-refractivity contribution is 6.01. The Bertz CT molecular complexity index is 870. The van der Waals surface area contributed by atoms with Crippen LogP contribution in [0.5, 0.6) is 0 Å². The molecule has 27 heavy (non-hydrogen) atoms. The maximum atomic E-state index is 13.0. The molecule has 0 atom stereocenters. The topological polar surface area (TPSA) is 34.0 Å². The van der Waals surface area contributed by atoms with Crippen molar-refractivity contribution in [2.24, 2.45) is 0 Å². The Labute approximate surface area is 163 Å². The van der Waals surface area contributed by atoms with Crippen molar-refractivity contribution in [3.05, 3.63) is 59.3 Å². The number of fused-ring (bicyclic) bond motifs is 1. The van der Waals surface area contributed by atoms with Gasteiger partial charge in [-0.25, -0.2) is 0 Å². The van der Waals surface area contributed by atoms with E-state index in [-0.39, 0.29) is 5.91 Å². The average molecular weight is 365 g/mol. The summed E-state index contributed by atoms with van der Waals surface area (Å²) in [4.78, 5) is 13.0. The van der Waals surface area contributed by atoms with Gasteiger partial charge in [0.05, 0.1) is 0 Å². The SMILES string of the molecule is C=CCn1c(C(=O)NCCC2=CCCCC2)c(C)c2cc(C(C)C)ccc21. The fourth-order valence-corrected chi connectivity index (χ4v) is 4.06. The first-order chi connectivity index (χ1) is 13.0. The minimum atomic E-state index is 0.0213. The van der Waals surface area contributed by atoms with Crippen LogP contribution in [0.3, 0.4) is 0 Å². The highest BCUT2D eigenvalue weighted by Crippen LogP contribution is 2.29. The molecule has 2 aromatic rings. The number of hydrogen-bond acceptors (Lipinski definition) is 1. The zero-order valence-corrected chi connectivity index (χ0v) is 17.0. The van der Waals surface area contributed by atoms with Crippen LogP contribution < -0.4 is 5.32 Å². The third kappa shape index (κ3) is 4.18. The molecule has 3 heteroatoms. The van der Waals surface area contributed by atoms with Crippen LogP contribution in [0.4, 0.5) is 0 Å². The fourth-order valence-electron chi connectivity index (χ4n) is 4.06. The second-order valence-electron chi connectivity index (χ2n) is 7.92. The summed E-state index contributed by atoms with van der Waals surface area (Å²) >= 11 is 0. The van der Waals surface area contributed by atoms with E-state index < -0.39 is 0 Å². The normalized spacial score (nSPS) is 14.4. The Morgan fingerprint density at radius 3 is 2.81 bits per heavy atom. The number of amides is 1. The molecule has 0 aliphatic heterocycles. The van der Waals surface area contributed by atoms with Crippen molar-refractivity contribution < 1.29 is 4.79 Å². The smallest absolute Gasteiger partial charge is 0.268 e. The third-order valence-corrected chi connectivity index (χ3v) is 5.65. The molecule has 1 N–H and O–H groups in total. The number of carbonyl (C=O) groups is 1. The van der Waals surface area contributed by atoms with E-state index >= 15 is 0 Å². The van der Waals surface area contributed by atoms with E-state index in [0.29, 0.717) is 19.0 Å². The van der Waals surface area contributed by atoms with Gasteiger partial charge in [-0.05, 0) is 68.2 Å². The van der Waals surface area contributed by atoms with E-state index in [4.69, 9.17) is 0 Å². The van der Waals surface area contributed by atoms with E-state index in [2.05, 4.69) is 61.5 Å². The van der Waals surface area contributed by atoms with Crippen LogP contribution >= 0.6 is 0 Å². The summed E-state index contributed by atoms with van der Waals surface area (Å²) < 4.78 is 2.09. The molecular formula is C24H32N2O. The van der Waals surface area contributed by atoms with Gasteiger partial charge >= 0.3 is 0 Å². The second kappa shape index (κ2) is 8.60. The number of rotatable bonds is 7. The van der Waals surface area contributed by atoms with Crippen LogP contribution in [0.25, 0.3) is 10.9 Å². The average Bonchev–Trinajstić information content (AvgIpc) is 2.94. The number of hydrogen-bond donors (Lipinski definition) is 1. The summed E-state index contributed by atoms with van der Waals surface area (Å²) in [5.41, 5.74) is 5.73. The first-order valence-corrected chi connectivity index (χ1v) is 10.2. The van der Waals surface area contributed by atoms with Gasteiger partial charge in [-0.2, -0.15) is 0 Å². The van der Waals surface area contributed by atoms with Gasteiger partial charge < -0.3 is 9.88 Å². The molecule has 1 aliphatic rings. The largest absolute Gasteiger partial charge is 0.350 e. The molecule has 3 rings (SSSR count).